The van der Waals surface area contributed by atoms with Gasteiger partial charge in [-0.05, 0) is 19.1 Å². The highest BCUT2D eigenvalue weighted by molar-refractivity contribution is 8.00. The highest BCUT2D eigenvalue weighted by atomic mass is 32.2. The summed E-state index contributed by atoms with van der Waals surface area (Å²) in [6.45, 7) is 5.71. The van der Waals surface area contributed by atoms with E-state index in [0.29, 0.717) is 16.1 Å². The van der Waals surface area contributed by atoms with Crippen LogP contribution in [-0.4, -0.2) is 27.0 Å². The van der Waals surface area contributed by atoms with Gasteiger partial charge in [0.15, 0.2) is 0 Å². The summed E-state index contributed by atoms with van der Waals surface area (Å²) in [7, 11) is 0. The van der Waals surface area contributed by atoms with E-state index in [1.807, 2.05) is 19.9 Å². The number of aromatic nitrogens is 2. The van der Waals surface area contributed by atoms with Gasteiger partial charge in [-0.3, -0.25) is 9.59 Å². The molecule has 2 amide bonds. The van der Waals surface area contributed by atoms with Crippen LogP contribution in [-0.2, 0) is 4.79 Å². The van der Waals surface area contributed by atoms with Crippen LogP contribution in [0, 0.1) is 0 Å². The van der Waals surface area contributed by atoms with Crippen molar-refractivity contribution in [2.45, 2.75) is 36.8 Å². The predicted molar refractivity (Wildman–Crippen MR) is 95.0 cm³/mol. The summed E-state index contributed by atoms with van der Waals surface area (Å²) >= 11 is 1.26. The topological polar surface area (TPSA) is 98.0 Å². The first-order valence-electron chi connectivity index (χ1n) is 7.56. The van der Waals surface area contributed by atoms with Crippen LogP contribution in [0.5, 0.6) is 0 Å². The summed E-state index contributed by atoms with van der Waals surface area (Å²) in [6, 6.07) is 7.08. The van der Waals surface area contributed by atoms with Crippen LogP contribution >= 0.6 is 11.8 Å². The summed E-state index contributed by atoms with van der Waals surface area (Å²) in [6.07, 6.45) is 3.17. The van der Waals surface area contributed by atoms with E-state index in [4.69, 9.17) is 5.73 Å². The van der Waals surface area contributed by atoms with E-state index < -0.39 is 11.2 Å². The second kappa shape index (κ2) is 7.92. The summed E-state index contributed by atoms with van der Waals surface area (Å²) < 4.78 is 0. The van der Waals surface area contributed by atoms with Crippen molar-refractivity contribution in [1.29, 1.82) is 0 Å². The van der Waals surface area contributed by atoms with Gasteiger partial charge in [0.25, 0.3) is 5.91 Å². The zero-order valence-corrected chi connectivity index (χ0v) is 14.6. The van der Waals surface area contributed by atoms with E-state index in [-0.39, 0.29) is 11.8 Å². The lowest BCUT2D eigenvalue weighted by Gasteiger charge is -2.12. The van der Waals surface area contributed by atoms with Crippen LogP contribution in [0.15, 0.2) is 41.6 Å². The van der Waals surface area contributed by atoms with Gasteiger partial charge in [0, 0.05) is 10.8 Å². The Morgan fingerprint density at radius 2 is 1.75 bits per heavy atom. The molecule has 0 aliphatic heterocycles. The van der Waals surface area contributed by atoms with Gasteiger partial charge < -0.3 is 11.1 Å². The standard InChI is InChI=1S/C17H20N4O2S/c1-10(2)16-19-8-12(9-20-16)21-17(23)13-6-4-5-7-14(13)24-11(3)15(18)22/h4-11H,1-3H3,(H2,18,22)(H,21,23). The Bertz CT molecular complexity index is 732. The van der Waals surface area contributed by atoms with Gasteiger partial charge in [-0.25, -0.2) is 9.97 Å². The quantitative estimate of drug-likeness (QED) is 0.785. The number of amides is 2. The van der Waals surface area contributed by atoms with Crippen LogP contribution < -0.4 is 11.1 Å². The molecule has 0 spiro atoms. The molecule has 126 valence electrons. The van der Waals surface area contributed by atoms with Crippen molar-refractivity contribution in [3.63, 3.8) is 0 Å². The first-order chi connectivity index (χ1) is 11.4. The van der Waals surface area contributed by atoms with Gasteiger partial charge in [-0.1, -0.05) is 26.0 Å². The summed E-state index contributed by atoms with van der Waals surface area (Å²) in [5.41, 5.74) is 6.29. The maximum Gasteiger partial charge on any atom is 0.256 e. The van der Waals surface area contributed by atoms with Crippen LogP contribution in [0.1, 0.15) is 42.9 Å². The number of hydrogen-bond donors (Lipinski definition) is 2. The third-order valence-corrected chi connectivity index (χ3v) is 4.48. The van der Waals surface area contributed by atoms with Crippen LogP contribution in [0.3, 0.4) is 0 Å². The third kappa shape index (κ3) is 4.55. The first kappa shape index (κ1) is 17.9. The van der Waals surface area contributed by atoms with Gasteiger partial charge in [-0.15, -0.1) is 11.8 Å². The average molecular weight is 344 g/mol. The van der Waals surface area contributed by atoms with Crippen molar-refractivity contribution >= 4 is 29.3 Å². The minimum absolute atomic E-state index is 0.224. The second-order valence-electron chi connectivity index (χ2n) is 5.60. The molecule has 6 nitrogen and oxygen atoms in total. The molecular weight excluding hydrogens is 324 g/mol. The minimum atomic E-state index is -0.424. The molecule has 3 N–H and O–H groups in total. The summed E-state index contributed by atoms with van der Waals surface area (Å²) in [5, 5.41) is 2.35. The molecule has 1 atom stereocenters. The number of thioether (sulfide) groups is 1. The number of hydrogen-bond acceptors (Lipinski definition) is 5. The van der Waals surface area contributed by atoms with Gasteiger partial charge in [0.05, 0.1) is 28.9 Å². The van der Waals surface area contributed by atoms with Gasteiger partial charge >= 0.3 is 0 Å². The lowest BCUT2D eigenvalue weighted by atomic mass is 10.2. The Kier molecular flexibility index (Phi) is 5.92. The molecule has 0 saturated carbocycles. The molecule has 0 saturated heterocycles. The first-order valence-corrected chi connectivity index (χ1v) is 8.44. The Morgan fingerprint density at radius 3 is 2.33 bits per heavy atom. The fourth-order valence-electron chi connectivity index (χ4n) is 1.90. The molecule has 7 heteroatoms. The normalized spacial score (nSPS) is 12.0. The second-order valence-corrected chi connectivity index (χ2v) is 6.98. The SMILES string of the molecule is CC(Sc1ccccc1C(=O)Nc1cnc(C(C)C)nc1)C(N)=O. The number of carbonyl (C=O) groups is 2. The molecule has 0 radical (unpaired) electrons. The fraction of sp³-hybridized carbons (Fsp3) is 0.294. The van der Waals surface area contributed by atoms with Crippen molar-refractivity contribution in [2.75, 3.05) is 5.32 Å². The van der Waals surface area contributed by atoms with E-state index >= 15 is 0 Å². The van der Waals surface area contributed by atoms with Crippen molar-refractivity contribution < 1.29 is 9.59 Å². The number of primary amides is 1. The summed E-state index contributed by atoms with van der Waals surface area (Å²) in [4.78, 5) is 32.9. The van der Waals surface area contributed by atoms with E-state index in [0.717, 1.165) is 5.82 Å². The average Bonchev–Trinajstić information content (AvgIpc) is 2.55. The lowest BCUT2D eigenvalue weighted by Crippen LogP contribution is -2.23. The Morgan fingerprint density at radius 1 is 1.12 bits per heavy atom. The molecular formula is C17H20N4O2S. The van der Waals surface area contributed by atoms with Gasteiger partial charge in [-0.2, -0.15) is 0 Å². The minimum Gasteiger partial charge on any atom is -0.369 e. The number of carbonyl (C=O) groups excluding carboxylic acids is 2. The molecule has 1 aromatic carbocycles. The fourth-order valence-corrected chi connectivity index (χ4v) is 2.85. The highest BCUT2D eigenvalue weighted by Crippen LogP contribution is 2.27. The monoisotopic (exact) mass is 344 g/mol. The number of anilines is 1. The maximum atomic E-state index is 12.5. The molecule has 1 heterocycles. The number of nitrogens with two attached hydrogens (primary N) is 1. The number of benzene rings is 1. The van der Waals surface area contributed by atoms with Crippen molar-refractivity contribution in [1.82, 2.24) is 9.97 Å². The maximum absolute atomic E-state index is 12.5. The predicted octanol–water partition coefficient (Wildman–Crippen LogP) is 2.82. The van der Waals surface area contributed by atoms with Crippen molar-refractivity contribution in [3.05, 3.63) is 48.0 Å². The highest BCUT2D eigenvalue weighted by Gasteiger charge is 2.17. The molecule has 1 aromatic heterocycles. The van der Waals surface area contributed by atoms with Gasteiger partial charge in [0.2, 0.25) is 5.91 Å². The Hall–Kier alpha value is -2.41. The van der Waals surface area contributed by atoms with Crippen molar-refractivity contribution in [3.8, 4) is 0 Å². The van der Waals surface area contributed by atoms with Crippen LogP contribution in [0.25, 0.3) is 0 Å². The van der Waals surface area contributed by atoms with E-state index in [2.05, 4.69) is 15.3 Å². The molecule has 0 aliphatic carbocycles. The number of rotatable bonds is 6. The zero-order chi connectivity index (χ0) is 17.7. The third-order valence-electron chi connectivity index (χ3n) is 3.28. The Balaban J connectivity index is 2.16. The number of nitrogens with zero attached hydrogens (tertiary/aromatic N) is 2. The van der Waals surface area contributed by atoms with Crippen molar-refractivity contribution in [2.24, 2.45) is 5.73 Å². The molecule has 24 heavy (non-hydrogen) atoms. The smallest absolute Gasteiger partial charge is 0.256 e. The zero-order valence-electron chi connectivity index (χ0n) is 13.8. The Labute approximate surface area is 145 Å². The largest absolute Gasteiger partial charge is 0.369 e. The molecule has 0 bridgehead atoms. The summed E-state index contributed by atoms with van der Waals surface area (Å²) in [5.74, 6) is 0.241. The van der Waals surface area contributed by atoms with Crippen LogP contribution in [0.2, 0.25) is 0 Å². The molecule has 0 aliphatic rings. The molecule has 1 unspecified atom stereocenters. The number of nitrogens with one attached hydrogen (secondary N) is 1. The van der Waals surface area contributed by atoms with Gasteiger partial charge in [0.1, 0.15) is 5.82 Å². The molecule has 0 fully saturated rings. The molecule has 2 rings (SSSR count). The van der Waals surface area contributed by atoms with Crippen LogP contribution in [0.4, 0.5) is 5.69 Å². The van der Waals surface area contributed by atoms with E-state index in [1.165, 1.54) is 11.8 Å². The van der Waals surface area contributed by atoms with E-state index in [9.17, 15) is 9.59 Å². The van der Waals surface area contributed by atoms with E-state index in [1.54, 1.807) is 37.5 Å². The lowest BCUT2D eigenvalue weighted by molar-refractivity contribution is -0.117. The molecule has 2 aromatic rings.